The molecule has 0 fully saturated rings. The number of para-hydroxylation sites is 1. The maximum Gasteiger partial charge on any atom is 0.239 e. The van der Waals surface area contributed by atoms with Crippen LogP contribution < -0.4 is 5.73 Å². The summed E-state index contributed by atoms with van der Waals surface area (Å²) in [5.74, 6) is 1.11. The van der Waals surface area contributed by atoms with Crippen molar-refractivity contribution in [3.63, 3.8) is 0 Å². The van der Waals surface area contributed by atoms with Crippen molar-refractivity contribution in [3.8, 4) is 0 Å². The Kier molecular flexibility index (Phi) is 2.64. The second-order valence-electron chi connectivity index (χ2n) is 4.13. The van der Waals surface area contributed by atoms with Gasteiger partial charge in [-0.2, -0.15) is 4.98 Å². The minimum absolute atomic E-state index is 0.296. The minimum atomic E-state index is 0.296. The predicted octanol–water partition coefficient (Wildman–Crippen LogP) is 1.72. The van der Waals surface area contributed by atoms with Crippen molar-refractivity contribution in [2.24, 2.45) is 0 Å². The van der Waals surface area contributed by atoms with Gasteiger partial charge in [0, 0.05) is 18.0 Å². The number of fused-ring (bicyclic) bond motifs is 1. The van der Waals surface area contributed by atoms with Crippen LogP contribution in [0.5, 0.6) is 0 Å². The van der Waals surface area contributed by atoms with Gasteiger partial charge in [-0.1, -0.05) is 18.2 Å². The summed E-state index contributed by atoms with van der Waals surface area (Å²) in [7, 11) is 0. The second-order valence-corrected chi connectivity index (χ2v) is 4.13. The average Bonchev–Trinajstić information content (AvgIpc) is 2.82. The molecule has 0 aliphatic heterocycles. The zero-order valence-corrected chi connectivity index (χ0v) is 9.80. The first-order valence-electron chi connectivity index (χ1n) is 5.82. The van der Waals surface area contributed by atoms with Crippen LogP contribution in [0.25, 0.3) is 10.9 Å². The molecule has 0 amide bonds. The third-order valence-electron chi connectivity index (χ3n) is 2.92. The second kappa shape index (κ2) is 4.44. The summed E-state index contributed by atoms with van der Waals surface area (Å²) in [6.45, 7) is 0. The number of aromatic nitrogens is 4. The number of hydrogen-bond acceptors (Lipinski definition) is 4. The summed E-state index contributed by atoms with van der Waals surface area (Å²) in [6, 6.07) is 10.2. The number of nitrogens with one attached hydrogen (secondary N) is 1. The number of aryl methyl sites for hydroxylation is 2. The molecule has 0 atom stereocenters. The van der Waals surface area contributed by atoms with E-state index in [4.69, 9.17) is 5.73 Å². The Morgan fingerprint density at radius 2 is 2.00 bits per heavy atom. The van der Waals surface area contributed by atoms with Gasteiger partial charge in [-0.05, 0) is 24.1 Å². The van der Waals surface area contributed by atoms with E-state index >= 15 is 0 Å². The lowest BCUT2D eigenvalue weighted by Crippen LogP contribution is -1.95. The molecule has 3 aromatic rings. The molecule has 90 valence electrons. The van der Waals surface area contributed by atoms with Crippen LogP contribution in [0.2, 0.25) is 0 Å². The number of benzene rings is 1. The summed E-state index contributed by atoms with van der Waals surface area (Å²) in [4.78, 5) is 8.45. The largest absolute Gasteiger partial charge is 0.367 e. The van der Waals surface area contributed by atoms with Gasteiger partial charge in [0.05, 0.1) is 5.52 Å². The van der Waals surface area contributed by atoms with E-state index in [9.17, 15) is 0 Å². The third kappa shape index (κ3) is 2.02. The van der Waals surface area contributed by atoms with E-state index in [0.29, 0.717) is 5.95 Å². The fraction of sp³-hybridized carbons (Fsp3) is 0.154. The van der Waals surface area contributed by atoms with E-state index in [0.717, 1.165) is 24.2 Å². The quantitative estimate of drug-likeness (QED) is 0.729. The minimum Gasteiger partial charge on any atom is -0.367 e. The summed E-state index contributed by atoms with van der Waals surface area (Å²) in [5.41, 5.74) is 7.75. The molecule has 3 N–H and O–H groups in total. The Morgan fingerprint density at radius 1 is 1.11 bits per heavy atom. The highest BCUT2D eigenvalue weighted by molar-refractivity contribution is 5.81. The molecular weight excluding hydrogens is 226 g/mol. The molecule has 0 aliphatic rings. The fourth-order valence-corrected chi connectivity index (χ4v) is 2.05. The van der Waals surface area contributed by atoms with Crippen LogP contribution in [0.3, 0.4) is 0 Å². The number of rotatable bonds is 3. The molecule has 2 aromatic heterocycles. The molecule has 2 heterocycles. The molecule has 0 spiro atoms. The van der Waals surface area contributed by atoms with Gasteiger partial charge in [-0.3, -0.25) is 10.1 Å². The first-order chi connectivity index (χ1) is 8.83. The number of anilines is 1. The molecule has 3 rings (SSSR count). The van der Waals surface area contributed by atoms with Crippen LogP contribution in [0.1, 0.15) is 11.4 Å². The topological polar surface area (TPSA) is 80.5 Å². The lowest BCUT2D eigenvalue weighted by molar-refractivity contribution is 0.868. The van der Waals surface area contributed by atoms with E-state index in [1.54, 1.807) is 0 Å². The molecule has 0 radical (unpaired) electrons. The van der Waals surface area contributed by atoms with Crippen molar-refractivity contribution >= 4 is 16.9 Å². The fourth-order valence-electron chi connectivity index (χ4n) is 2.05. The lowest BCUT2D eigenvalue weighted by Gasteiger charge is -2.04. The SMILES string of the molecule is Nc1n[nH]c(CCc2ccnc3ccccc23)n1. The van der Waals surface area contributed by atoms with E-state index in [1.807, 2.05) is 30.5 Å². The zero-order valence-electron chi connectivity index (χ0n) is 9.80. The molecule has 0 bridgehead atoms. The van der Waals surface area contributed by atoms with Gasteiger partial charge in [-0.25, -0.2) is 0 Å². The van der Waals surface area contributed by atoms with E-state index in [2.05, 4.69) is 26.2 Å². The first-order valence-corrected chi connectivity index (χ1v) is 5.82. The number of nitrogens with two attached hydrogens (primary N) is 1. The van der Waals surface area contributed by atoms with Crippen LogP contribution in [-0.4, -0.2) is 20.2 Å². The first kappa shape index (κ1) is 10.7. The third-order valence-corrected chi connectivity index (χ3v) is 2.92. The van der Waals surface area contributed by atoms with Gasteiger partial charge in [0.1, 0.15) is 5.82 Å². The van der Waals surface area contributed by atoms with Crippen molar-refractivity contribution in [2.45, 2.75) is 12.8 Å². The Bertz CT molecular complexity index is 668. The highest BCUT2D eigenvalue weighted by atomic mass is 15.3. The lowest BCUT2D eigenvalue weighted by atomic mass is 10.0. The molecule has 5 heteroatoms. The normalized spacial score (nSPS) is 10.9. The Labute approximate surface area is 104 Å². The van der Waals surface area contributed by atoms with Crippen molar-refractivity contribution in [3.05, 3.63) is 47.9 Å². The number of aromatic amines is 1. The van der Waals surface area contributed by atoms with Crippen LogP contribution in [0.15, 0.2) is 36.5 Å². The highest BCUT2D eigenvalue weighted by Crippen LogP contribution is 2.17. The van der Waals surface area contributed by atoms with Gasteiger partial charge >= 0.3 is 0 Å². The summed E-state index contributed by atoms with van der Waals surface area (Å²) in [6.07, 6.45) is 3.52. The molecule has 5 nitrogen and oxygen atoms in total. The Morgan fingerprint density at radius 3 is 2.83 bits per heavy atom. The van der Waals surface area contributed by atoms with E-state index in [1.165, 1.54) is 10.9 Å². The molecule has 0 unspecified atom stereocenters. The number of H-pyrrole nitrogens is 1. The Hall–Kier alpha value is -2.43. The number of pyridine rings is 1. The number of hydrogen-bond donors (Lipinski definition) is 2. The zero-order chi connectivity index (χ0) is 12.4. The maximum atomic E-state index is 5.47. The van der Waals surface area contributed by atoms with Gasteiger partial charge in [0.15, 0.2) is 0 Å². The van der Waals surface area contributed by atoms with E-state index < -0.39 is 0 Å². The molecule has 18 heavy (non-hydrogen) atoms. The Balaban J connectivity index is 1.86. The standard InChI is InChI=1S/C13H13N5/c14-13-16-12(17-18-13)6-5-9-7-8-15-11-4-2-1-3-10(9)11/h1-4,7-8H,5-6H2,(H3,14,16,17,18). The molecule has 0 saturated carbocycles. The van der Waals surface area contributed by atoms with Crippen molar-refractivity contribution in [1.82, 2.24) is 20.2 Å². The molecular formula is C13H13N5. The summed E-state index contributed by atoms with van der Waals surface area (Å²) >= 11 is 0. The number of nitrogen functional groups attached to an aromatic ring is 1. The van der Waals surface area contributed by atoms with Gasteiger partial charge in [0.2, 0.25) is 5.95 Å². The summed E-state index contributed by atoms with van der Waals surface area (Å²) in [5, 5.41) is 7.83. The van der Waals surface area contributed by atoms with Crippen molar-refractivity contribution in [2.75, 3.05) is 5.73 Å². The van der Waals surface area contributed by atoms with Crippen LogP contribution in [0.4, 0.5) is 5.95 Å². The smallest absolute Gasteiger partial charge is 0.239 e. The van der Waals surface area contributed by atoms with Gasteiger partial charge < -0.3 is 5.73 Å². The number of nitrogens with zero attached hydrogens (tertiary/aromatic N) is 3. The van der Waals surface area contributed by atoms with Crippen molar-refractivity contribution < 1.29 is 0 Å². The van der Waals surface area contributed by atoms with Crippen LogP contribution >= 0.6 is 0 Å². The van der Waals surface area contributed by atoms with Gasteiger partial charge in [-0.15, -0.1) is 5.10 Å². The average molecular weight is 239 g/mol. The molecule has 1 aromatic carbocycles. The maximum absolute atomic E-state index is 5.47. The van der Waals surface area contributed by atoms with E-state index in [-0.39, 0.29) is 0 Å². The molecule has 0 aliphatic carbocycles. The van der Waals surface area contributed by atoms with Gasteiger partial charge in [0.25, 0.3) is 0 Å². The monoisotopic (exact) mass is 239 g/mol. The summed E-state index contributed by atoms with van der Waals surface area (Å²) < 4.78 is 0. The molecule has 0 saturated heterocycles. The van der Waals surface area contributed by atoms with Crippen LogP contribution in [-0.2, 0) is 12.8 Å². The predicted molar refractivity (Wildman–Crippen MR) is 69.9 cm³/mol. The van der Waals surface area contributed by atoms with Crippen LogP contribution in [0, 0.1) is 0 Å². The van der Waals surface area contributed by atoms with Crippen molar-refractivity contribution in [1.29, 1.82) is 0 Å². The highest BCUT2D eigenvalue weighted by Gasteiger charge is 2.04.